The Labute approximate surface area is 227 Å². The largest absolute Gasteiger partial charge is 0.357 e. The number of anilines is 2. The van der Waals surface area contributed by atoms with Gasteiger partial charge in [0.15, 0.2) is 5.69 Å². The molecule has 0 saturated carbocycles. The van der Waals surface area contributed by atoms with E-state index in [-0.39, 0.29) is 5.91 Å². The number of rotatable bonds is 5. The highest BCUT2D eigenvalue weighted by Gasteiger charge is 2.32. The zero-order valence-electron chi connectivity index (χ0n) is 21.6. The summed E-state index contributed by atoms with van der Waals surface area (Å²) in [6.07, 6.45) is 6.61. The molecule has 4 heterocycles. The monoisotopic (exact) mass is 531 g/mol. The van der Waals surface area contributed by atoms with Crippen molar-refractivity contribution in [1.82, 2.24) is 14.8 Å². The van der Waals surface area contributed by atoms with Crippen molar-refractivity contribution in [3.05, 3.63) is 101 Å². The van der Waals surface area contributed by atoms with Gasteiger partial charge in [-0.05, 0) is 68.7 Å². The summed E-state index contributed by atoms with van der Waals surface area (Å²) < 4.78 is 14.8. The van der Waals surface area contributed by atoms with E-state index in [1.165, 1.54) is 12.8 Å². The number of aromatic nitrogens is 3. The first-order valence-corrected chi connectivity index (χ1v) is 13.2. The summed E-state index contributed by atoms with van der Waals surface area (Å²) in [5.74, 6) is 0.891. The number of halogens is 2. The van der Waals surface area contributed by atoms with Gasteiger partial charge in [-0.25, -0.2) is 14.1 Å². The molecule has 0 N–H and O–H groups in total. The third kappa shape index (κ3) is 6.05. The lowest BCUT2D eigenvalue weighted by Crippen LogP contribution is -2.25. The van der Waals surface area contributed by atoms with Gasteiger partial charge >= 0.3 is 0 Å². The van der Waals surface area contributed by atoms with Crippen molar-refractivity contribution in [3.63, 3.8) is 0 Å². The molecule has 0 spiro atoms. The molecule has 0 bridgehead atoms. The second kappa shape index (κ2) is 11.0. The second-order valence-corrected chi connectivity index (χ2v) is 10.7. The van der Waals surface area contributed by atoms with Crippen molar-refractivity contribution in [1.29, 1.82) is 0 Å². The Hall–Kier alpha value is -3.71. The van der Waals surface area contributed by atoms with E-state index in [2.05, 4.69) is 15.0 Å². The fraction of sp³-hybridized carbons (Fsp3) is 0.300. The molecule has 0 aliphatic carbocycles. The van der Waals surface area contributed by atoms with E-state index in [4.69, 9.17) is 11.6 Å². The van der Waals surface area contributed by atoms with E-state index in [0.717, 1.165) is 41.4 Å². The number of nitrogens with zero attached hydrogens (tertiary/aromatic N) is 5. The Kier molecular flexibility index (Phi) is 7.47. The summed E-state index contributed by atoms with van der Waals surface area (Å²) in [6, 6.07) is 21.0. The molecule has 38 heavy (non-hydrogen) atoms. The molecule has 1 amide bonds. The maximum absolute atomic E-state index is 13.1. The zero-order chi connectivity index (χ0) is 26.7. The highest BCUT2D eigenvalue weighted by Crippen LogP contribution is 2.29. The fourth-order valence-corrected chi connectivity index (χ4v) is 4.89. The van der Waals surface area contributed by atoms with Crippen LogP contribution in [-0.4, -0.2) is 39.4 Å². The smallest absolute Gasteiger partial charge is 0.279 e. The lowest BCUT2D eigenvalue weighted by atomic mass is 10.0. The molecule has 1 fully saturated rings. The summed E-state index contributed by atoms with van der Waals surface area (Å²) in [5, 5.41) is 5.15. The van der Waals surface area contributed by atoms with E-state index in [9.17, 15) is 9.18 Å². The van der Waals surface area contributed by atoms with Crippen LogP contribution in [0.1, 0.15) is 48.3 Å². The molecule has 2 aromatic heterocycles. The predicted octanol–water partition coefficient (Wildman–Crippen LogP) is 6.66. The summed E-state index contributed by atoms with van der Waals surface area (Å²) in [5.41, 5.74) is 3.05. The minimum absolute atomic E-state index is 0.0894. The number of carbonyl (C=O) groups is 1. The van der Waals surface area contributed by atoms with Crippen molar-refractivity contribution in [2.45, 2.75) is 45.3 Å². The van der Waals surface area contributed by atoms with Gasteiger partial charge in [0.25, 0.3) is 5.91 Å². The molecule has 2 aliphatic rings. The van der Waals surface area contributed by atoms with Crippen LogP contribution in [0.5, 0.6) is 0 Å². The maximum atomic E-state index is 13.1. The topological polar surface area (TPSA) is 54.3 Å². The predicted molar refractivity (Wildman–Crippen MR) is 150 cm³/mol. The Morgan fingerprint density at radius 1 is 0.947 bits per heavy atom. The Morgan fingerprint density at radius 2 is 1.63 bits per heavy atom. The molecule has 6 rings (SSSR count). The van der Waals surface area contributed by atoms with Gasteiger partial charge in [0.05, 0.1) is 24.1 Å². The number of carbonyl (C=O) groups excluding carboxylic acids is 1. The molecule has 0 atom stereocenters. The molecule has 8 heteroatoms. The Bertz CT molecular complexity index is 1380. The van der Waals surface area contributed by atoms with Crippen LogP contribution >= 0.6 is 11.6 Å². The van der Waals surface area contributed by atoms with Gasteiger partial charge in [-0.2, -0.15) is 5.10 Å². The number of benzene rings is 2. The Morgan fingerprint density at radius 3 is 2.24 bits per heavy atom. The minimum atomic E-state index is -1.10. The minimum Gasteiger partial charge on any atom is -0.357 e. The molecule has 4 aromatic rings. The van der Waals surface area contributed by atoms with Crippen LogP contribution < -0.4 is 9.80 Å². The normalized spacial score (nSPS) is 14.9. The first-order chi connectivity index (χ1) is 18.3. The van der Waals surface area contributed by atoms with Crippen LogP contribution in [0.15, 0.2) is 79.1 Å². The summed E-state index contributed by atoms with van der Waals surface area (Å²) in [4.78, 5) is 21.4. The molecular weight excluding hydrogens is 501 g/mol. The van der Waals surface area contributed by atoms with Crippen LogP contribution in [-0.2, 0) is 13.0 Å². The highest BCUT2D eigenvalue weighted by atomic mass is 35.5. The lowest BCUT2D eigenvalue weighted by Gasteiger charge is -2.19. The van der Waals surface area contributed by atoms with Crippen molar-refractivity contribution in [2.24, 2.45) is 0 Å². The van der Waals surface area contributed by atoms with Gasteiger partial charge in [0.1, 0.15) is 11.5 Å². The van der Waals surface area contributed by atoms with E-state index in [1.54, 1.807) is 29.6 Å². The summed E-state index contributed by atoms with van der Waals surface area (Å²) in [7, 11) is 0. The lowest BCUT2D eigenvalue weighted by molar-refractivity contribution is 0.0991. The van der Waals surface area contributed by atoms with Gasteiger partial charge in [0.2, 0.25) is 0 Å². The van der Waals surface area contributed by atoms with E-state index in [0.29, 0.717) is 23.7 Å². The molecule has 1 saturated heterocycles. The summed E-state index contributed by atoms with van der Waals surface area (Å²) >= 11 is 5.94. The van der Waals surface area contributed by atoms with E-state index < -0.39 is 5.67 Å². The molecule has 6 nitrogen and oxygen atoms in total. The molecular formula is C30H31ClFN5O. The average Bonchev–Trinajstić information content (AvgIpc) is 3.64. The van der Waals surface area contributed by atoms with Crippen molar-refractivity contribution < 1.29 is 9.18 Å². The number of hydrogen-bond donors (Lipinski definition) is 0. The number of amides is 1. The quantitative estimate of drug-likeness (QED) is 0.289. The van der Waals surface area contributed by atoms with Crippen molar-refractivity contribution in [3.8, 4) is 5.69 Å². The third-order valence-corrected chi connectivity index (χ3v) is 6.85. The number of hydrogen-bond acceptors (Lipinski definition) is 4. The zero-order valence-corrected chi connectivity index (χ0v) is 22.4. The molecule has 0 unspecified atom stereocenters. The molecule has 0 radical (unpaired) electrons. The second-order valence-electron chi connectivity index (χ2n) is 10.3. The first-order valence-electron chi connectivity index (χ1n) is 12.9. The van der Waals surface area contributed by atoms with Crippen LogP contribution in [0.2, 0.25) is 5.02 Å². The summed E-state index contributed by atoms with van der Waals surface area (Å²) in [6.45, 7) is 5.81. The van der Waals surface area contributed by atoms with Crippen LogP contribution in [0, 0.1) is 0 Å². The molecule has 196 valence electrons. The maximum Gasteiger partial charge on any atom is 0.279 e. The van der Waals surface area contributed by atoms with Crippen LogP contribution in [0.25, 0.3) is 5.69 Å². The van der Waals surface area contributed by atoms with E-state index in [1.807, 2.05) is 72.9 Å². The van der Waals surface area contributed by atoms with Crippen LogP contribution in [0.4, 0.5) is 15.9 Å². The van der Waals surface area contributed by atoms with Gasteiger partial charge in [-0.1, -0.05) is 41.9 Å². The standard InChI is InChI=1S/C20H18ClN5O.C10H13F/c21-15-3-5-16(6-4-15)26-13-14-12-25(20(27)19(14)23-26)17-7-8-18(22-11-17)24-9-1-2-10-24;1-10(2,11)8-9-6-4-3-5-7-9/h3-8,11,13H,1-2,9-10,12H2;3-7H,8H2,1-2H3. The first kappa shape index (κ1) is 25.9. The fourth-order valence-electron chi connectivity index (χ4n) is 4.76. The number of alkyl halides is 1. The molecule has 2 aromatic carbocycles. The Balaban J connectivity index is 0.000000226. The van der Waals surface area contributed by atoms with Gasteiger partial charge in [0, 0.05) is 36.3 Å². The average molecular weight is 532 g/mol. The molecule has 2 aliphatic heterocycles. The van der Waals surface area contributed by atoms with Gasteiger partial charge in [-0.3, -0.25) is 4.79 Å². The van der Waals surface area contributed by atoms with Gasteiger partial charge < -0.3 is 9.80 Å². The highest BCUT2D eigenvalue weighted by molar-refractivity contribution is 6.30. The van der Waals surface area contributed by atoms with E-state index >= 15 is 0 Å². The number of fused-ring (bicyclic) bond motifs is 1. The van der Waals surface area contributed by atoms with Crippen LogP contribution in [0.3, 0.4) is 0 Å². The SMILES string of the molecule is CC(C)(F)Cc1ccccc1.O=C1c2nn(-c3ccc(Cl)cc3)cc2CN1c1ccc(N2CCCC2)nc1. The van der Waals surface area contributed by atoms with Crippen molar-refractivity contribution >= 4 is 29.0 Å². The van der Waals surface area contributed by atoms with Crippen molar-refractivity contribution in [2.75, 3.05) is 22.9 Å². The third-order valence-electron chi connectivity index (χ3n) is 6.60. The van der Waals surface area contributed by atoms with Gasteiger partial charge in [-0.15, -0.1) is 0 Å². The number of pyridine rings is 1.